The molecule has 1 aromatic heterocycles. The maximum absolute atomic E-state index is 12.0. The zero-order valence-corrected chi connectivity index (χ0v) is 14.7. The molecule has 0 fully saturated rings. The molecule has 1 heterocycles. The van der Waals surface area contributed by atoms with E-state index in [4.69, 9.17) is 13.9 Å². The van der Waals surface area contributed by atoms with Gasteiger partial charge in [0, 0.05) is 23.6 Å². The third-order valence-corrected chi connectivity index (χ3v) is 3.99. The molecule has 0 saturated carbocycles. The fraction of sp³-hybridized carbons (Fsp3) is 0.200. The number of furan rings is 1. The van der Waals surface area contributed by atoms with Gasteiger partial charge in [0.15, 0.2) is 6.61 Å². The minimum absolute atomic E-state index is 0.0243. The molecule has 0 aliphatic rings. The summed E-state index contributed by atoms with van der Waals surface area (Å²) in [6.45, 7) is -0.0260. The van der Waals surface area contributed by atoms with Crippen molar-refractivity contribution in [1.82, 2.24) is 5.32 Å². The van der Waals surface area contributed by atoms with Crippen LogP contribution in [0.3, 0.4) is 0 Å². The van der Waals surface area contributed by atoms with Crippen LogP contribution in [0.4, 0.5) is 0 Å². The Morgan fingerprint density at radius 3 is 2.67 bits per heavy atom. The van der Waals surface area contributed by atoms with Crippen molar-refractivity contribution in [2.75, 3.05) is 13.7 Å². The van der Waals surface area contributed by atoms with Gasteiger partial charge < -0.3 is 24.3 Å². The lowest BCUT2D eigenvalue weighted by Crippen LogP contribution is -2.28. The van der Waals surface area contributed by atoms with E-state index >= 15 is 0 Å². The van der Waals surface area contributed by atoms with Gasteiger partial charge in [0.1, 0.15) is 17.1 Å². The Morgan fingerprint density at radius 1 is 1.15 bits per heavy atom. The van der Waals surface area contributed by atoms with Crippen LogP contribution in [0.25, 0.3) is 11.0 Å². The van der Waals surface area contributed by atoms with Crippen molar-refractivity contribution in [2.24, 2.45) is 0 Å². The van der Waals surface area contributed by atoms with Gasteiger partial charge in [-0.3, -0.25) is 9.59 Å². The largest absolute Gasteiger partial charge is 0.508 e. The molecule has 0 aliphatic heterocycles. The highest BCUT2D eigenvalue weighted by atomic mass is 16.5. The van der Waals surface area contributed by atoms with Crippen molar-refractivity contribution in [1.29, 1.82) is 0 Å². The second kappa shape index (κ2) is 8.27. The van der Waals surface area contributed by atoms with Crippen LogP contribution in [-0.2, 0) is 27.3 Å². The van der Waals surface area contributed by atoms with Gasteiger partial charge in [0.2, 0.25) is 0 Å². The number of aromatic hydroxyl groups is 1. The average molecular weight is 369 g/mol. The summed E-state index contributed by atoms with van der Waals surface area (Å²) in [6, 6.07) is 11.9. The van der Waals surface area contributed by atoms with E-state index in [1.807, 2.05) is 12.1 Å². The van der Waals surface area contributed by atoms with Crippen molar-refractivity contribution in [3.05, 3.63) is 59.9 Å². The Labute approximate surface area is 155 Å². The lowest BCUT2D eigenvalue weighted by molar-refractivity contribution is -0.147. The number of esters is 1. The third kappa shape index (κ3) is 4.78. The predicted octanol–water partition coefficient (Wildman–Crippen LogP) is 2.55. The summed E-state index contributed by atoms with van der Waals surface area (Å²) >= 11 is 0. The molecule has 0 spiro atoms. The molecule has 0 atom stereocenters. The fourth-order valence-corrected chi connectivity index (χ4v) is 2.56. The van der Waals surface area contributed by atoms with Crippen molar-refractivity contribution in [2.45, 2.75) is 13.0 Å². The smallest absolute Gasteiger partial charge is 0.310 e. The van der Waals surface area contributed by atoms with Crippen LogP contribution in [-0.4, -0.2) is 30.7 Å². The number of carbonyl (C=O) groups excluding carboxylic acids is 2. The first-order valence-electron chi connectivity index (χ1n) is 8.29. The van der Waals surface area contributed by atoms with Gasteiger partial charge >= 0.3 is 5.97 Å². The fourth-order valence-electron chi connectivity index (χ4n) is 2.56. The molecular weight excluding hydrogens is 350 g/mol. The van der Waals surface area contributed by atoms with E-state index < -0.39 is 5.97 Å². The lowest BCUT2D eigenvalue weighted by Gasteiger charge is -2.07. The molecule has 7 nitrogen and oxygen atoms in total. The number of rotatable bonds is 7. The van der Waals surface area contributed by atoms with Gasteiger partial charge in [-0.1, -0.05) is 12.1 Å². The molecule has 2 N–H and O–H groups in total. The maximum Gasteiger partial charge on any atom is 0.310 e. The van der Waals surface area contributed by atoms with Crippen molar-refractivity contribution in [3.8, 4) is 11.5 Å². The van der Waals surface area contributed by atoms with Crippen LogP contribution >= 0.6 is 0 Å². The summed E-state index contributed by atoms with van der Waals surface area (Å²) in [5.74, 6) is -0.105. The highest BCUT2D eigenvalue weighted by molar-refractivity contribution is 5.87. The number of fused-ring (bicyclic) bond motifs is 1. The predicted molar refractivity (Wildman–Crippen MR) is 97.4 cm³/mol. The van der Waals surface area contributed by atoms with Crippen LogP contribution in [0.2, 0.25) is 0 Å². The highest BCUT2D eigenvalue weighted by Gasteiger charge is 2.13. The average Bonchev–Trinajstić information content (AvgIpc) is 3.06. The molecule has 3 aromatic rings. The van der Waals surface area contributed by atoms with Gasteiger partial charge in [-0.15, -0.1) is 0 Å². The zero-order chi connectivity index (χ0) is 19.2. The van der Waals surface area contributed by atoms with Crippen molar-refractivity contribution < 1.29 is 28.6 Å². The second-order valence-corrected chi connectivity index (χ2v) is 5.90. The number of phenols is 1. The number of ether oxygens (including phenoxy) is 2. The first-order chi connectivity index (χ1) is 13.0. The van der Waals surface area contributed by atoms with E-state index in [2.05, 4.69) is 5.32 Å². The second-order valence-electron chi connectivity index (χ2n) is 5.90. The number of hydrogen-bond donors (Lipinski definition) is 2. The number of benzene rings is 2. The molecule has 0 unspecified atom stereocenters. The van der Waals surface area contributed by atoms with Crippen LogP contribution in [0.1, 0.15) is 11.1 Å². The summed E-state index contributed by atoms with van der Waals surface area (Å²) in [6.07, 6.45) is 1.42. The number of carbonyl (C=O) groups is 2. The Balaban J connectivity index is 1.45. The SMILES string of the molecule is COc1ccc(CNC(=O)COC(=O)Cc2coc3cc(O)ccc23)cc1. The maximum atomic E-state index is 12.0. The molecule has 3 rings (SSSR count). The molecule has 140 valence electrons. The lowest BCUT2D eigenvalue weighted by atomic mass is 10.1. The molecule has 7 heteroatoms. The molecular formula is C20H19NO6. The molecule has 0 saturated heterocycles. The summed E-state index contributed by atoms with van der Waals surface area (Å²) in [4.78, 5) is 23.8. The van der Waals surface area contributed by atoms with E-state index in [0.29, 0.717) is 23.1 Å². The van der Waals surface area contributed by atoms with Crippen LogP contribution in [0.15, 0.2) is 53.1 Å². The molecule has 0 bridgehead atoms. The first kappa shape index (κ1) is 18.3. The number of methoxy groups -OCH3 is 1. The number of phenolic OH excluding ortho intramolecular Hbond substituents is 1. The van der Waals surface area contributed by atoms with Crippen molar-refractivity contribution in [3.63, 3.8) is 0 Å². The minimum atomic E-state index is -0.537. The zero-order valence-electron chi connectivity index (χ0n) is 14.7. The summed E-state index contributed by atoms with van der Waals surface area (Å²) in [5, 5.41) is 12.8. The topological polar surface area (TPSA) is 98.0 Å². The van der Waals surface area contributed by atoms with Gasteiger partial charge in [0.25, 0.3) is 5.91 Å². The normalized spacial score (nSPS) is 10.6. The quantitative estimate of drug-likeness (QED) is 0.621. The van der Waals surface area contributed by atoms with E-state index in [1.54, 1.807) is 25.3 Å². The van der Waals surface area contributed by atoms with Gasteiger partial charge in [-0.05, 0) is 29.8 Å². The Bertz CT molecular complexity index is 945. The summed E-state index contributed by atoms with van der Waals surface area (Å²) in [7, 11) is 1.58. The molecule has 0 aliphatic carbocycles. The van der Waals surface area contributed by atoms with E-state index in [9.17, 15) is 14.7 Å². The van der Waals surface area contributed by atoms with Gasteiger partial charge in [-0.25, -0.2) is 0 Å². The molecule has 1 amide bonds. The van der Waals surface area contributed by atoms with Crippen LogP contribution in [0.5, 0.6) is 11.5 Å². The third-order valence-electron chi connectivity index (χ3n) is 3.99. The number of nitrogens with one attached hydrogen (secondary N) is 1. The Hall–Kier alpha value is -3.48. The summed E-state index contributed by atoms with van der Waals surface area (Å²) < 4.78 is 15.4. The number of hydrogen-bond acceptors (Lipinski definition) is 6. The standard InChI is InChI=1S/C20H19NO6/c1-25-16-5-2-13(3-6-16)10-21-19(23)12-27-20(24)8-14-11-26-18-9-15(22)4-7-17(14)18/h2-7,9,11,22H,8,10,12H2,1H3,(H,21,23). The summed E-state index contributed by atoms with van der Waals surface area (Å²) in [5.41, 5.74) is 2.02. The molecule has 27 heavy (non-hydrogen) atoms. The molecule has 2 aromatic carbocycles. The first-order valence-corrected chi connectivity index (χ1v) is 8.29. The van der Waals surface area contributed by atoms with E-state index in [-0.39, 0.29) is 24.7 Å². The van der Waals surface area contributed by atoms with Crippen LogP contribution < -0.4 is 10.1 Å². The van der Waals surface area contributed by atoms with E-state index in [1.165, 1.54) is 18.4 Å². The van der Waals surface area contributed by atoms with Crippen LogP contribution in [0, 0.1) is 0 Å². The molecule has 0 radical (unpaired) electrons. The minimum Gasteiger partial charge on any atom is -0.508 e. The Morgan fingerprint density at radius 2 is 1.93 bits per heavy atom. The van der Waals surface area contributed by atoms with E-state index in [0.717, 1.165) is 11.3 Å². The van der Waals surface area contributed by atoms with Gasteiger partial charge in [-0.2, -0.15) is 0 Å². The Kier molecular flexibility index (Phi) is 5.61. The van der Waals surface area contributed by atoms with Gasteiger partial charge in [0.05, 0.1) is 19.8 Å². The highest BCUT2D eigenvalue weighted by Crippen LogP contribution is 2.25. The monoisotopic (exact) mass is 369 g/mol. The van der Waals surface area contributed by atoms with Crippen molar-refractivity contribution >= 4 is 22.8 Å². The number of amides is 1.